The van der Waals surface area contributed by atoms with E-state index in [9.17, 15) is 19.0 Å². The molecule has 9 nitrogen and oxygen atoms in total. The molecule has 0 bridgehead atoms. The monoisotopic (exact) mass is 1020 g/mol. The minimum atomic E-state index is -4.44. The average molecular weight is 1020 g/mol. The number of carbonyl (C=O) groups excluding carboxylic acids is 2. The molecule has 0 aromatic carbocycles. The van der Waals surface area contributed by atoms with Crippen molar-refractivity contribution >= 4 is 19.7 Å². The Morgan fingerprint density at radius 3 is 1.31 bits per heavy atom. The summed E-state index contributed by atoms with van der Waals surface area (Å²) in [6.07, 6.45) is 62.4. The maximum absolute atomic E-state index is 13.5. The zero-order valence-corrected chi connectivity index (χ0v) is 48.4. The van der Waals surface area contributed by atoms with E-state index in [1.807, 2.05) is 33.3 Å². The number of likely N-dealkylation sites (N-methyl/N-ethyl adjacent to an activating group) is 1. The summed E-state index contributed by atoms with van der Waals surface area (Å²) in [4.78, 5) is 37.6. The molecule has 71 heavy (non-hydrogen) atoms. The molecular formula is C61H116N2O7P+. The van der Waals surface area contributed by atoms with Gasteiger partial charge in [0.15, 0.2) is 0 Å². The molecule has 0 rings (SSSR count). The number of hydrogen-bond donors (Lipinski definition) is 2. The van der Waals surface area contributed by atoms with Crippen molar-refractivity contribution in [1.29, 1.82) is 0 Å². The van der Waals surface area contributed by atoms with Crippen LogP contribution >= 0.6 is 7.82 Å². The summed E-state index contributed by atoms with van der Waals surface area (Å²) in [5.41, 5.74) is 0. The predicted molar refractivity (Wildman–Crippen MR) is 305 cm³/mol. The lowest BCUT2D eigenvalue weighted by Gasteiger charge is -2.27. The number of nitrogens with one attached hydrogen (secondary N) is 1. The number of amides is 1. The zero-order valence-electron chi connectivity index (χ0n) is 47.5. The summed E-state index contributed by atoms with van der Waals surface area (Å²) in [5.74, 6) is -0.512. The summed E-state index contributed by atoms with van der Waals surface area (Å²) in [6.45, 7) is 6.99. The van der Waals surface area contributed by atoms with Crippen LogP contribution in [0.5, 0.6) is 0 Å². The fourth-order valence-electron chi connectivity index (χ4n) is 8.59. The minimum Gasteiger partial charge on any atom is -0.456 e. The molecule has 0 aromatic heterocycles. The highest BCUT2D eigenvalue weighted by atomic mass is 31.2. The number of allylic oxidation sites excluding steroid dienone is 7. The van der Waals surface area contributed by atoms with Gasteiger partial charge in [0, 0.05) is 12.8 Å². The largest absolute Gasteiger partial charge is 0.472 e. The van der Waals surface area contributed by atoms with E-state index in [0.29, 0.717) is 17.4 Å². The molecule has 1 amide bonds. The van der Waals surface area contributed by atoms with Crippen LogP contribution in [0.15, 0.2) is 48.6 Å². The molecule has 0 spiro atoms. The lowest BCUT2D eigenvalue weighted by atomic mass is 10.0. The van der Waals surface area contributed by atoms with Crippen molar-refractivity contribution in [3.63, 3.8) is 0 Å². The smallest absolute Gasteiger partial charge is 0.456 e. The van der Waals surface area contributed by atoms with E-state index in [4.69, 9.17) is 13.8 Å². The van der Waals surface area contributed by atoms with Gasteiger partial charge in [0.2, 0.25) is 5.91 Å². The third-order valence-corrected chi connectivity index (χ3v) is 14.3. The van der Waals surface area contributed by atoms with E-state index in [0.717, 1.165) is 83.5 Å². The van der Waals surface area contributed by atoms with Crippen LogP contribution in [0.25, 0.3) is 0 Å². The Labute approximate surface area is 439 Å². The SMILES string of the molecule is CCCCC/C=C\C/C=C\C/C=C\CCCCCCCCC(=O)OC(/C=C/CCCCCCCCCCC)C(COP(=O)(O)OCC[N+](C)(C)C)NC(=O)CCCCCCCCCCCCCCCCC. The van der Waals surface area contributed by atoms with Gasteiger partial charge in [-0.2, -0.15) is 0 Å². The second kappa shape index (κ2) is 51.5. The van der Waals surface area contributed by atoms with Gasteiger partial charge < -0.3 is 19.4 Å². The Bertz CT molecular complexity index is 1360. The van der Waals surface area contributed by atoms with E-state index in [1.54, 1.807) is 0 Å². The fraction of sp³-hybridized carbons (Fsp3) is 0.836. The zero-order chi connectivity index (χ0) is 52.2. The first kappa shape index (κ1) is 69.0. The summed E-state index contributed by atoms with van der Waals surface area (Å²) >= 11 is 0. The number of esters is 1. The first-order valence-corrected chi connectivity index (χ1v) is 31.5. The Morgan fingerprint density at radius 2 is 0.859 bits per heavy atom. The van der Waals surface area contributed by atoms with Gasteiger partial charge in [0.05, 0.1) is 33.8 Å². The lowest BCUT2D eigenvalue weighted by molar-refractivity contribution is -0.870. The third-order valence-electron chi connectivity index (χ3n) is 13.3. The van der Waals surface area contributed by atoms with Crippen LogP contribution in [-0.4, -0.2) is 74.3 Å². The van der Waals surface area contributed by atoms with Crippen LogP contribution in [0, 0.1) is 0 Å². The number of phosphoric acid groups is 1. The van der Waals surface area contributed by atoms with Gasteiger partial charge in [-0.1, -0.05) is 243 Å². The molecule has 0 saturated heterocycles. The number of phosphoric ester groups is 1. The molecule has 0 fully saturated rings. The molecule has 3 unspecified atom stereocenters. The van der Waals surface area contributed by atoms with Gasteiger partial charge in [-0.15, -0.1) is 0 Å². The standard InChI is InChI=1S/C61H115N2O7P/c1-7-10-13-16-19-22-25-27-29-30-31-32-34-36-39-42-45-48-51-54-61(65)70-59(52-49-46-43-40-37-24-21-18-15-12-9-3)58(57-69-71(66,67)68-56-55-63(4,5)6)62-60(64)53-50-47-44-41-38-35-33-28-26-23-20-17-14-11-8-2/h19,22,27,29,31-32,49,52,58-59H,7-18,20-21,23-26,28,30,33-48,50-51,53-57H2,1-6H3,(H-,62,64,66,67)/p+1/b22-19-,29-27-,32-31-,52-49+. The number of carbonyl (C=O) groups is 2. The first-order valence-electron chi connectivity index (χ1n) is 30.0. The average Bonchev–Trinajstić information content (AvgIpc) is 3.33. The molecule has 0 radical (unpaired) electrons. The number of ether oxygens (including phenoxy) is 1. The molecule has 0 aromatic rings. The highest BCUT2D eigenvalue weighted by Gasteiger charge is 2.30. The first-order chi connectivity index (χ1) is 34.4. The number of quaternary nitrogens is 1. The van der Waals surface area contributed by atoms with E-state index in [2.05, 4.69) is 62.5 Å². The Hall–Kier alpha value is -2.03. The van der Waals surface area contributed by atoms with Crippen LogP contribution in [0.1, 0.15) is 278 Å². The maximum atomic E-state index is 13.5. The summed E-state index contributed by atoms with van der Waals surface area (Å²) in [6, 6.07) is -0.850. The molecule has 0 aliphatic rings. The number of unbranched alkanes of at least 4 members (excludes halogenated alkanes) is 32. The predicted octanol–water partition coefficient (Wildman–Crippen LogP) is 18.1. The summed E-state index contributed by atoms with van der Waals surface area (Å²) in [7, 11) is 1.49. The molecule has 0 aliphatic carbocycles. The van der Waals surface area contributed by atoms with Gasteiger partial charge in [0.1, 0.15) is 19.3 Å². The van der Waals surface area contributed by atoms with Crippen LogP contribution in [0.4, 0.5) is 0 Å². The minimum absolute atomic E-state index is 0.0389. The summed E-state index contributed by atoms with van der Waals surface area (Å²) in [5, 5.41) is 3.05. The molecular weight excluding hydrogens is 904 g/mol. The maximum Gasteiger partial charge on any atom is 0.472 e. The van der Waals surface area contributed by atoms with Crippen molar-refractivity contribution in [2.24, 2.45) is 0 Å². The highest BCUT2D eigenvalue weighted by Crippen LogP contribution is 2.43. The topological polar surface area (TPSA) is 111 Å². The third kappa shape index (κ3) is 52.6. The van der Waals surface area contributed by atoms with E-state index in [-0.39, 0.29) is 31.5 Å². The van der Waals surface area contributed by atoms with Crippen LogP contribution < -0.4 is 5.32 Å². The second-order valence-electron chi connectivity index (χ2n) is 21.5. The van der Waals surface area contributed by atoms with Gasteiger partial charge in [-0.3, -0.25) is 18.6 Å². The second-order valence-corrected chi connectivity index (χ2v) is 23.0. The van der Waals surface area contributed by atoms with Crippen LogP contribution in [0.2, 0.25) is 0 Å². The van der Waals surface area contributed by atoms with Crippen molar-refractivity contribution < 1.29 is 37.3 Å². The molecule has 416 valence electrons. The lowest BCUT2D eigenvalue weighted by Crippen LogP contribution is -2.47. The Morgan fingerprint density at radius 1 is 0.493 bits per heavy atom. The van der Waals surface area contributed by atoms with Crippen LogP contribution in [-0.2, 0) is 27.9 Å². The number of nitrogens with zero attached hydrogens (tertiary/aromatic N) is 1. The van der Waals surface area contributed by atoms with Crippen molar-refractivity contribution in [1.82, 2.24) is 5.32 Å². The quantitative estimate of drug-likeness (QED) is 0.0205. The molecule has 10 heteroatoms. The van der Waals surface area contributed by atoms with Crippen molar-refractivity contribution in [3.05, 3.63) is 48.6 Å². The van der Waals surface area contributed by atoms with Crippen LogP contribution in [0.3, 0.4) is 0 Å². The van der Waals surface area contributed by atoms with E-state index < -0.39 is 20.0 Å². The molecule has 2 N–H and O–H groups in total. The molecule has 0 aliphatic heterocycles. The Kier molecular flexibility index (Phi) is 50.0. The Balaban J connectivity index is 5.27. The van der Waals surface area contributed by atoms with Crippen molar-refractivity contribution in [2.45, 2.75) is 290 Å². The van der Waals surface area contributed by atoms with Gasteiger partial charge in [-0.05, 0) is 70.3 Å². The van der Waals surface area contributed by atoms with Gasteiger partial charge in [0.25, 0.3) is 0 Å². The van der Waals surface area contributed by atoms with Gasteiger partial charge >= 0.3 is 13.8 Å². The van der Waals surface area contributed by atoms with Crippen molar-refractivity contribution in [2.75, 3.05) is 40.9 Å². The molecule has 3 atom stereocenters. The van der Waals surface area contributed by atoms with E-state index in [1.165, 1.54) is 161 Å². The number of hydrogen-bond acceptors (Lipinski definition) is 6. The normalized spacial score (nSPS) is 14.1. The summed E-state index contributed by atoms with van der Waals surface area (Å²) < 4.78 is 30.6. The molecule has 0 saturated carbocycles. The van der Waals surface area contributed by atoms with E-state index >= 15 is 0 Å². The molecule has 0 heterocycles. The number of rotatable bonds is 54. The highest BCUT2D eigenvalue weighted by molar-refractivity contribution is 7.47. The van der Waals surface area contributed by atoms with Gasteiger partial charge in [-0.25, -0.2) is 4.57 Å². The fourth-order valence-corrected chi connectivity index (χ4v) is 9.33. The van der Waals surface area contributed by atoms with Crippen molar-refractivity contribution in [3.8, 4) is 0 Å².